The van der Waals surface area contributed by atoms with E-state index in [0.717, 1.165) is 6.54 Å². The average molecular weight is 186 g/mol. The number of carbonyl (C=O) groups is 1. The molecule has 13 heavy (non-hydrogen) atoms. The van der Waals surface area contributed by atoms with Crippen LogP contribution in [0, 0.1) is 0 Å². The van der Waals surface area contributed by atoms with Crippen molar-refractivity contribution in [3.8, 4) is 0 Å². The first-order chi connectivity index (χ1) is 6.13. The molecule has 1 aliphatic heterocycles. The second-order valence-corrected chi connectivity index (χ2v) is 3.65. The Morgan fingerprint density at radius 1 is 1.77 bits per heavy atom. The number of carbonyl (C=O) groups excluding carboxylic acids is 1. The Hall–Kier alpha value is -0.610. The minimum Gasteiger partial charge on any atom is -0.463 e. The SMILES string of the molecule is CNC(C)CN1CC(=O)OCC1C. The van der Waals surface area contributed by atoms with Crippen LogP contribution in [-0.4, -0.2) is 49.7 Å². The van der Waals surface area contributed by atoms with E-state index in [9.17, 15) is 4.79 Å². The Balaban J connectivity index is 2.41. The van der Waals surface area contributed by atoms with Crippen molar-refractivity contribution in [1.29, 1.82) is 0 Å². The number of nitrogens with zero attached hydrogens (tertiary/aromatic N) is 1. The van der Waals surface area contributed by atoms with Crippen LogP contribution >= 0.6 is 0 Å². The Kier molecular flexibility index (Phi) is 3.69. The number of esters is 1. The van der Waals surface area contributed by atoms with Crippen LogP contribution in [0.1, 0.15) is 13.8 Å². The van der Waals surface area contributed by atoms with Gasteiger partial charge in [-0.15, -0.1) is 0 Å². The zero-order chi connectivity index (χ0) is 9.84. The van der Waals surface area contributed by atoms with Crippen LogP contribution in [0.3, 0.4) is 0 Å². The smallest absolute Gasteiger partial charge is 0.320 e. The van der Waals surface area contributed by atoms with Gasteiger partial charge in [0.25, 0.3) is 0 Å². The summed E-state index contributed by atoms with van der Waals surface area (Å²) in [4.78, 5) is 13.2. The van der Waals surface area contributed by atoms with Crippen LogP contribution in [0.5, 0.6) is 0 Å². The second-order valence-electron chi connectivity index (χ2n) is 3.65. The molecule has 4 nitrogen and oxygen atoms in total. The lowest BCUT2D eigenvalue weighted by Gasteiger charge is -2.33. The predicted molar refractivity (Wildman–Crippen MR) is 50.5 cm³/mol. The summed E-state index contributed by atoms with van der Waals surface area (Å²) in [5, 5.41) is 3.15. The van der Waals surface area contributed by atoms with E-state index in [4.69, 9.17) is 4.74 Å². The molecule has 1 fully saturated rings. The Bertz CT molecular complexity index is 184. The summed E-state index contributed by atoms with van der Waals surface area (Å²) in [7, 11) is 1.93. The summed E-state index contributed by atoms with van der Waals surface area (Å²) in [5.74, 6) is -0.110. The Morgan fingerprint density at radius 2 is 2.46 bits per heavy atom. The molecule has 2 atom stereocenters. The normalized spacial score (nSPS) is 27.0. The third kappa shape index (κ3) is 2.97. The monoisotopic (exact) mass is 186 g/mol. The van der Waals surface area contributed by atoms with Gasteiger partial charge in [-0.25, -0.2) is 0 Å². The van der Waals surface area contributed by atoms with Crippen molar-refractivity contribution in [1.82, 2.24) is 10.2 Å². The van der Waals surface area contributed by atoms with Crippen molar-refractivity contribution in [3.63, 3.8) is 0 Å². The number of likely N-dealkylation sites (N-methyl/N-ethyl adjacent to an activating group) is 1. The number of morpholine rings is 1. The molecular weight excluding hydrogens is 168 g/mol. The first kappa shape index (κ1) is 10.5. The van der Waals surface area contributed by atoms with Gasteiger partial charge in [-0.05, 0) is 20.9 Å². The summed E-state index contributed by atoms with van der Waals surface area (Å²) >= 11 is 0. The van der Waals surface area contributed by atoms with Crippen LogP contribution in [0.15, 0.2) is 0 Å². The van der Waals surface area contributed by atoms with E-state index in [0.29, 0.717) is 25.2 Å². The predicted octanol–water partition coefficient (Wildman–Crippen LogP) is -0.158. The highest BCUT2D eigenvalue weighted by molar-refractivity contribution is 5.72. The van der Waals surface area contributed by atoms with E-state index in [1.54, 1.807) is 0 Å². The molecule has 2 unspecified atom stereocenters. The van der Waals surface area contributed by atoms with Gasteiger partial charge in [-0.2, -0.15) is 0 Å². The zero-order valence-electron chi connectivity index (χ0n) is 8.54. The number of cyclic esters (lactones) is 1. The maximum absolute atomic E-state index is 11.0. The molecule has 0 aromatic carbocycles. The fraction of sp³-hybridized carbons (Fsp3) is 0.889. The van der Waals surface area contributed by atoms with Gasteiger partial charge < -0.3 is 10.1 Å². The number of nitrogens with one attached hydrogen (secondary N) is 1. The minimum absolute atomic E-state index is 0.110. The van der Waals surface area contributed by atoms with E-state index in [2.05, 4.69) is 24.1 Å². The largest absolute Gasteiger partial charge is 0.463 e. The summed E-state index contributed by atoms with van der Waals surface area (Å²) in [6.07, 6.45) is 0. The van der Waals surface area contributed by atoms with Crippen molar-refractivity contribution < 1.29 is 9.53 Å². The molecule has 0 aromatic rings. The molecule has 0 amide bonds. The van der Waals surface area contributed by atoms with Crippen molar-refractivity contribution in [3.05, 3.63) is 0 Å². The van der Waals surface area contributed by atoms with Crippen molar-refractivity contribution in [2.75, 3.05) is 26.7 Å². The van der Waals surface area contributed by atoms with Gasteiger partial charge in [0, 0.05) is 18.6 Å². The fourth-order valence-corrected chi connectivity index (χ4v) is 1.37. The summed E-state index contributed by atoms with van der Waals surface area (Å²) < 4.78 is 4.93. The first-order valence-corrected chi connectivity index (χ1v) is 4.70. The highest BCUT2D eigenvalue weighted by atomic mass is 16.5. The van der Waals surface area contributed by atoms with E-state index in [-0.39, 0.29) is 5.97 Å². The lowest BCUT2D eigenvalue weighted by Crippen LogP contribution is -2.50. The molecule has 0 aliphatic carbocycles. The Labute approximate surface area is 79.2 Å². The zero-order valence-corrected chi connectivity index (χ0v) is 8.54. The van der Waals surface area contributed by atoms with E-state index in [1.165, 1.54) is 0 Å². The highest BCUT2D eigenvalue weighted by Gasteiger charge is 2.25. The average Bonchev–Trinajstić information content (AvgIpc) is 2.11. The van der Waals surface area contributed by atoms with Crippen molar-refractivity contribution in [2.45, 2.75) is 25.9 Å². The van der Waals surface area contributed by atoms with Crippen LogP contribution in [-0.2, 0) is 9.53 Å². The number of ether oxygens (including phenoxy) is 1. The first-order valence-electron chi connectivity index (χ1n) is 4.70. The maximum Gasteiger partial charge on any atom is 0.320 e. The molecule has 1 heterocycles. The molecule has 0 radical (unpaired) electrons. The molecule has 1 N–H and O–H groups in total. The van der Waals surface area contributed by atoms with Crippen LogP contribution in [0.2, 0.25) is 0 Å². The lowest BCUT2D eigenvalue weighted by atomic mass is 10.2. The third-order valence-corrected chi connectivity index (χ3v) is 2.44. The lowest BCUT2D eigenvalue weighted by molar-refractivity contribution is -0.154. The van der Waals surface area contributed by atoms with Gasteiger partial charge in [0.05, 0.1) is 6.54 Å². The number of hydrogen-bond donors (Lipinski definition) is 1. The van der Waals surface area contributed by atoms with Crippen LogP contribution in [0.25, 0.3) is 0 Å². The molecule has 76 valence electrons. The van der Waals surface area contributed by atoms with E-state index < -0.39 is 0 Å². The molecule has 1 rings (SSSR count). The van der Waals surface area contributed by atoms with Crippen molar-refractivity contribution in [2.24, 2.45) is 0 Å². The minimum atomic E-state index is -0.110. The van der Waals surface area contributed by atoms with Gasteiger partial charge in [-0.1, -0.05) is 0 Å². The number of hydrogen-bond acceptors (Lipinski definition) is 4. The summed E-state index contributed by atoms with van der Waals surface area (Å²) in [5.41, 5.74) is 0. The molecule has 0 saturated carbocycles. The van der Waals surface area contributed by atoms with Crippen LogP contribution in [0.4, 0.5) is 0 Å². The fourth-order valence-electron chi connectivity index (χ4n) is 1.37. The van der Waals surface area contributed by atoms with Gasteiger partial charge in [0.15, 0.2) is 0 Å². The second kappa shape index (κ2) is 4.58. The van der Waals surface area contributed by atoms with Gasteiger partial charge in [0.2, 0.25) is 0 Å². The molecule has 0 bridgehead atoms. The third-order valence-electron chi connectivity index (χ3n) is 2.44. The standard InChI is InChI=1S/C9H18N2O2/c1-7(10-3)4-11-5-9(12)13-6-8(11)2/h7-8,10H,4-6H2,1-3H3. The van der Waals surface area contributed by atoms with Gasteiger partial charge in [0.1, 0.15) is 6.61 Å². The van der Waals surface area contributed by atoms with Crippen LogP contribution < -0.4 is 5.32 Å². The van der Waals surface area contributed by atoms with Gasteiger partial charge in [-0.3, -0.25) is 9.69 Å². The molecule has 0 spiro atoms. The summed E-state index contributed by atoms with van der Waals surface area (Å²) in [6.45, 7) is 6.02. The maximum atomic E-state index is 11.0. The topological polar surface area (TPSA) is 41.6 Å². The van der Waals surface area contributed by atoms with Gasteiger partial charge >= 0.3 is 5.97 Å². The molecule has 4 heteroatoms. The molecule has 1 aliphatic rings. The molecule has 0 aromatic heterocycles. The van der Waals surface area contributed by atoms with E-state index in [1.807, 2.05) is 7.05 Å². The van der Waals surface area contributed by atoms with Crippen molar-refractivity contribution >= 4 is 5.97 Å². The quantitative estimate of drug-likeness (QED) is 0.622. The Morgan fingerprint density at radius 3 is 3.08 bits per heavy atom. The summed E-state index contributed by atoms with van der Waals surface area (Å²) in [6, 6.07) is 0.752. The van der Waals surface area contributed by atoms with E-state index >= 15 is 0 Å². The molecule has 1 saturated heterocycles. The molecular formula is C9H18N2O2. The number of rotatable bonds is 3. The highest BCUT2D eigenvalue weighted by Crippen LogP contribution is 2.07.